The largest absolute Gasteiger partial charge is 0.355 e. The van der Waals surface area contributed by atoms with E-state index in [1.807, 2.05) is 0 Å². The molecular formula is C15H20N6O2S. The Kier molecular flexibility index (Phi) is 3.67. The summed E-state index contributed by atoms with van der Waals surface area (Å²) < 4.78 is 29.2. The first-order chi connectivity index (χ1) is 11.5. The summed E-state index contributed by atoms with van der Waals surface area (Å²) in [6.45, 7) is 1.86. The number of rotatable bonds is 5. The smallest absolute Gasteiger partial charge is 0.280 e. The Morgan fingerprint density at radius 1 is 1.21 bits per heavy atom. The maximum absolute atomic E-state index is 12.7. The fraction of sp³-hybridized carbons (Fsp3) is 0.533. The first-order valence-electron chi connectivity index (χ1n) is 8.17. The van der Waals surface area contributed by atoms with Gasteiger partial charge in [-0.25, -0.2) is 4.98 Å². The lowest BCUT2D eigenvalue weighted by Gasteiger charge is -2.16. The van der Waals surface area contributed by atoms with Gasteiger partial charge in [0.25, 0.3) is 10.0 Å². The Bertz CT molecular complexity index is 853. The van der Waals surface area contributed by atoms with E-state index in [0.717, 1.165) is 44.5 Å². The van der Waals surface area contributed by atoms with Crippen molar-refractivity contribution in [2.24, 2.45) is 7.05 Å². The van der Waals surface area contributed by atoms with Gasteiger partial charge in [-0.2, -0.15) is 13.5 Å². The van der Waals surface area contributed by atoms with Gasteiger partial charge in [0, 0.05) is 32.1 Å². The average molecular weight is 348 g/mol. The van der Waals surface area contributed by atoms with Crippen LogP contribution in [0.2, 0.25) is 0 Å². The third kappa shape index (κ3) is 2.95. The summed E-state index contributed by atoms with van der Waals surface area (Å²) in [5.74, 6) is 1.34. The molecule has 0 spiro atoms. The molecule has 0 atom stereocenters. The molecule has 0 aromatic carbocycles. The van der Waals surface area contributed by atoms with E-state index in [1.54, 1.807) is 19.3 Å². The summed E-state index contributed by atoms with van der Waals surface area (Å²) in [7, 11) is -2.09. The molecular weight excluding hydrogens is 328 g/mol. The van der Waals surface area contributed by atoms with Crippen molar-refractivity contribution in [3.8, 4) is 0 Å². The second kappa shape index (κ2) is 5.73. The van der Waals surface area contributed by atoms with Crippen LogP contribution in [0.4, 0.5) is 11.6 Å². The van der Waals surface area contributed by atoms with Crippen LogP contribution < -0.4 is 9.62 Å². The summed E-state index contributed by atoms with van der Waals surface area (Å²) in [5, 5.41) is 4.47. The Hall–Kier alpha value is -2.16. The molecule has 8 nitrogen and oxygen atoms in total. The highest BCUT2D eigenvalue weighted by Crippen LogP contribution is 2.39. The van der Waals surface area contributed by atoms with Crippen LogP contribution in [-0.4, -0.2) is 41.3 Å². The predicted molar refractivity (Wildman–Crippen MR) is 89.5 cm³/mol. The quantitative estimate of drug-likeness (QED) is 0.880. The van der Waals surface area contributed by atoms with Crippen molar-refractivity contribution in [3.63, 3.8) is 0 Å². The molecule has 9 heteroatoms. The monoisotopic (exact) mass is 348 g/mol. The molecule has 0 bridgehead atoms. The predicted octanol–water partition coefficient (Wildman–Crippen LogP) is 1.49. The topological polar surface area (TPSA) is 93.0 Å². The molecule has 1 N–H and O–H groups in total. The van der Waals surface area contributed by atoms with Crippen molar-refractivity contribution in [1.82, 2.24) is 19.7 Å². The fourth-order valence-electron chi connectivity index (χ4n) is 2.99. The zero-order valence-corrected chi connectivity index (χ0v) is 14.3. The molecule has 128 valence electrons. The molecule has 2 aromatic rings. The molecule has 2 aromatic heterocycles. The van der Waals surface area contributed by atoms with E-state index in [-0.39, 0.29) is 10.8 Å². The molecule has 24 heavy (non-hydrogen) atoms. The van der Waals surface area contributed by atoms with Gasteiger partial charge in [0.1, 0.15) is 5.82 Å². The van der Waals surface area contributed by atoms with E-state index in [1.165, 1.54) is 10.9 Å². The number of aryl methyl sites for hydroxylation is 1. The van der Waals surface area contributed by atoms with Gasteiger partial charge in [-0.3, -0.25) is 14.4 Å². The Morgan fingerprint density at radius 2 is 1.96 bits per heavy atom. The third-order valence-corrected chi connectivity index (χ3v) is 5.83. The number of hydrogen-bond donors (Lipinski definition) is 1. The van der Waals surface area contributed by atoms with Gasteiger partial charge in [-0.15, -0.1) is 0 Å². The average Bonchev–Trinajstić information content (AvgIpc) is 3.08. The normalized spacial score (nSPS) is 18.1. The van der Waals surface area contributed by atoms with Crippen LogP contribution in [0, 0.1) is 0 Å². The number of nitrogens with zero attached hydrogens (tertiary/aromatic N) is 5. The maximum Gasteiger partial charge on any atom is 0.280 e. The summed E-state index contributed by atoms with van der Waals surface area (Å²) >= 11 is 0. The molecule has 2 aliphatic rings. The molecule has 4 rings (SSSR count). The lowest BCUT2D eigenvalue weighted by Crippen LogP contribution is -2.21. The van der Waals surface area contributed by atoms with Crippen molar-refractivity contribution < 1.29 is 8.42 Å². The van der Waals surface area contributed by atoms with Crippen LogP contribution in [0.25, 0.3) is 0 Å². The van der Waals surface area contributed by atoms with E-state index in [9.17, 15) is 8.42 Å². The fourth-order valence-corrected chi connectivity index (χ4v) is 4.14. The molecule has 3 heterocycles. The van der Waals surface area contributed by atoms with E-state index >= 15 is 0 Å². The molecule has 0 amide bonds. The minimum atomic E-state index is -3.74. The SMILES string of the molecule is Cn1nc(C2CC2)cc1S(=O)(=O)Nc1cncc(N2CCCC2)n1. The highest BCUT2D eigenvalue weighted by molar-refractivity contribution is 7.92. The maximum atomic E-state index is 12.7. The van der Waals surface area contributed by atoms with Gasteiger partial charge in [0.05, 0.1) is 18.1 Å². The van der Waals surface area contributed by atoms with E-state index in [4.69, 9.17) is 0 Å². The first-order valence-corrected chi connectivity index (χ1v) is 9.65. The molecule has 1 aliphatic heterocycles. The van der Waals surface area contributed by atoms with Crippen LogP contribution in [-0.2, 0) is 17.1 Å². The standard InChI is InChI=1S/C15H20N6O2S/c1-20-15(8-12(18-20)11-4-5-11)24(22,23)19-13-9-16-10-14(17-13)21-6-2-3-7-21/h8-11H,2-7H2,1H3,(H,17,19). The van der Waals surface area contributed by atoms with Crippen molar-refractivity contribution in [1.29, 1.82) is 0 Å². The van der Waals surface area contributed by atoms with Gasteiger partial charge in [0.15, 0.2) is 10.8 Å². The van der Waals surface area contributed by atoms with Gasteiger partial charge < -0.3 is 4.90 Å². The molecule has 1 aliphatic carbocycles. The summed E-state index contributed by atoms with van der Waals surface area (Å²) in [6, 6.07) is 1.65. The van der Waals surface area contributed by atoms with Gasteiger partial charge in [-0.05, 0) is 25.7 Å². The van der Waals surface area contributed by atoms with Crippen LogP contribution in [0.15, 0.2) is 23.5 Å². The highest BCUT2D eigenvalue weighted by Gasteiger charge is 2.30. The van der Waals surface area contributed by atoms with Crippen LogP contribution in [0.1, 0.15) is 37.3 Å². The minimum Gasteiger partial charge on any atom is -0.355 e. The van der Waals surface area contributed by atoms with E-state index < -0.39 is 10.0 Å². The second-order valence-electron chi connectivity index (χ2n) is 6.37. The number of hydrogen-bond acceptors (Lipinski definition) is 6. The Morgan fingerprint density at radius 3 is 2.67 bits per heavy atom. The zero-order valence-electron chi connectivity index (χ0n) is 13.5. The number of sulfonamides is 1. The van der Waals surface area contributed by atoms with Crippen molar-refractivity contribution in [2.75, 3.05) is 22.7 Å². The summed E-state index contributed by atoms with van der Waals surface area (Å²) in [5.41, 5.74) is 0.842. The minimum absolute atomic E-state index is 0.151. The summed E-state index contributed by atoms with van der Waals surface area (Å²) in [4.78, 5) is 10.6. The van der Waals surface area contributed by atoms with Gasteiger partial charge in [0.2, 0.25) is 0 Å². The lowest BCUT2D eigenvalue weighted by molar-refractivity contribution is 0.581. The third-order valence-electron chi connectivity index (χ3n) is 4.42. The molecule has 1 saturated heterocycles. The highest BCUT2D eigenvalue weighted by atomic mass is 32.2. The summed E-state index contributed by atoms with van der Waals surface area (Å²) in [6.07, 6.45) is 7.49. The van der Waals surface area contributed by atoms with Gasteiger partial charge >= 0.3 is 0 Å². The molecule has 0 radical (unpaired) electrons. The number of anilines is 2. The van der Waals surface area contributed by atoms with Crippen molar-refractivity contribution in [2.45, 2.75) is 36.6 Å². The molecule has 1 saturated carbocycles. The first kappa shape index (κ1) is 15.4. The van der Waals surface area contributed by atoms with E-state index in [0.29, 0.717) is 11.7 Å². The van der Waals surface area contributed by atoms with Crippen LogP contribution >= 0.6 is 0 Å². The second-order valence-corrected chi connectivity index (χ2v) is 8.00. The number of aromatic nitrogens is 4. The zero-order chi connectivity index (χ0) is 16.7. The molecule has 0 unspecified atom stereocenters. The van der Waals surface area contributed by atoms with Gasteiger partial charge in [-0.1, -0.05) is 0 Å². The van der Waals surface area contributed by atoms with Crippen LogP contribution in [0.5, 0.6) is 0 Å². The Labute approximate surface area is 141 Å². The molecule has 2 fully saturated rings. The van der Waals surface area contributed by atoms with E-state index in [2.05, 4.69) is 24.7 Å². The van der Waals surface area contributed by atoms with Crippen molar-refractivity contribution >= 4 is 21.7 Å². The number of nitrogens with one attached hydrogen (secondary N) is 1. The Balaban J connectivity index is 1.58. The lowest BCUT2D eigenvalue weighted by atomic mass is 10.3. The van der Waals surface area contributed by atoms with Crippen LogP contribution in [0.3, 0.4) is 0 Å². The van der Waals surface area contributed by atoms with Crippen molar-refractivity contribution in [3.05, 3.63) is 24.2 Å².